The van der Waals surface area contributed by atoms with E-state index in [4.69, 9.17) is 5.73 Å². The predicted molar refractivity (Wildman–Crippen MR) is 81.6 cm³/mol. The molecule has 19 heavy (non-hydrogen) atoms. The maximum atomic E-state index is 5.76. The minimum Gasteiger partial charge on any atom is -0.383 e. The first-order valence-electron chi connectivity index (χ1n) is 6.82. The van der Waals surface area contributed by atoms with Gasteiger partial charge in [0.05, 0.1) is 0 Å². The van der Waals surface area contributed by atoms with E-state index in [0.29, 0.717) is 11.7 Å². The molecule has 1 unspecified atom stereocenters. The van der Waals surface area contributed by atoms with Crippen LogP contribution >= 0.6 is 11.8 Å². The molecule has 2 heterocycles. The van der Waals surface area contributed by atoms with Gasteiger partial charge in [0.25, 0.3) is 0 Å². The predicted octanol–water partition coefficient (Wildman–Crippen LogP) is 1.92. The van der Waals surface area contributed by atoms with E-state index in [1.54, 1.807) is 6.07 Å². The lowest BCUT2D eigenvalue weighted by molar-refractivity contribution is 0.294. The number of hydrogen-bond donors (Lipinski definition) is 2. The van der Waals surface area contributed by atoms with E-state index in [-0.39, 0.29) is 0 Å². The standard InChI is InChI=1S/C13H23N5S/c1-10(9-18-5-3-4-6-18)8-15-12-7-11(14)16-13(17-12)19-2/h7,10H,3-6,8-9H2,1-2H3,(H3,14,15,16,17). The van der Waals surface area contributed by atoms with Crippen LogP contribution < -0.4 is 11.1 Å². The van der Waals surface area contributed by atoms with Crippen molar-refractivity contribution in [3.05, 3.63) is 6.07 Å². The van der Waals surface area contributed by atoms with Crippen molar-refractivity contribution in [2.24, 2.45) is 5.92 Å². The molecule has 0 radical (unpaired) electrons. The highest BCUT2D eigenvalue weighted by atomic mass is 32.2. The van der Waals surface area contributed by atoms with E-state index in [0.717, 1.165) is 24.1 Å². The number of nitrogens with zero attached hydrogens (tertiary/aromatic N) is 3. The minimum atomic E-state index is 0.522. The van der Waals surface area contributed by atoms with Crippen LogP contribution in [0.3, 0.4) is 0 Å². The van der Waals surface area contributed by atoms with Gasteiger partial charge in [-0.3, -0.25) is 0 Å². The normalized spacial score (nSPS) is 17.6. The molecule has 2 rings (SSSR count). The fraction of sp³-hybridized carbons (Fsp3) is 0.692. The molecule has 1 aliphatic rings. The third kappa shape index (κ3) is 4.54. The van der Waals surface area contributed by atoms with Crippen molar-refractivity contribution < 1.29 is 0 Å². The van der Waals surface area contributed by atoms with E-state index in [1.165, 1.54) is 37.7 Å². The first kappa shape index (κ1) is 14.4. The van der Waals surface area contributed by atoms with Gasteiger partial charge >= 0.3 is 0 Å². The average Bonchev–Trinajstić information content (AvgIpc) is 2.88. The van der Waals surface area contributed by atoms with Gasteiger partial charge in [0.2, 0.25) is 0 Å². The van der Waals surface area contributed by atoms with Crippen LogP contribution in [0.4, 0.5) is 11.6 Å². The summed E-state index contributed by atoms with van der Waals surface area (Å²) in [5, 5.41) is 4.08. The molecule has 0 spiro atoms. The molecule has 1 aromatic heterocycles. The number of hydrogen-bond acceptors (Lipinski definition) is 6. The number of likely N-dealkylation sites (tertiary alicyclic amines) is 1. The van der Waals surface area contributed by atoms with E-state index >= 15 is 0 Å². The van der Waals surface area contributed by atoms with Gasteiger partial charge in [0.15, 0.2) is 5.16 Å². The van der Waals surface area contributed by atoms with Crippen LogP contribution in [0.25, 0.3) is 0 Å². The molecule has 0 amide bonds. The van der Waals surface area contributed by atoms with Crippen molar-refractivity contribution in [3.63, 3.8) is 0 Å². The lowest BCUT2D eigenvalue weighted by Crippen LogP contribution is -2.29. The van der Waals surface area contributed by atoms with Gasteiger partial charge < -0.3 is 16.0 Å². The smallest absolute Gasteiger partial charge is 0.191 e. The van der Waals surface area contributed by atoms with Gasteiger partial charge in [0, 0.05) is 19.2 Å². The Morgan fingerprint density at radius 3 is 2.84 bits per heavy atom. The highest BCUT2D eigenvalue weighted by molar-refractivity contribution is 7.98. The van der Waals surface area contributed by atoms with Gasteiger partial charge in [-0.1, -0.05) is 18.7 Å². The van der Waals surface area contributed by atoms with Crippen molar-refractivity contribution in [2.75, 3.05) is 43.5 Å². The minimum absolute atomic E-state index is 0.522. The summed E-state index contributed by atoms with van der Waals surface area (Å²) in [6, 6.07) is 1.79. The Morgan fingerprint density at radius 2 is 2.16 bits per heavy atom. The van der Waals surface area contributed by atoms with E-state index in [9.17, 15) is 0 Å². The van der Waals surface area contributed by atoms with Crippen molar-refractivity contribution in [1.82, 2.24) is 14.9 Å². The molecule has 0 bridgehead atoms. The van der Waals surface area contributed by atoms with Gasteiger partial charge in [-0.15, -0.1) is 0 Å². The van der Waals surface area contributed by atoms with Crippen molar-refractivity contribution in [2.45, 2.75) is 24.9 Å². The molecule has 6 heteroatoms. The Hall–Kier alpha value is -1.01. The number of anilines is 2. The number of nitrogens with one attached hydrogen (secondary N) is 1. The summed E-state index contributed by atoms with van der Waals surface area (Å²) >= 11 is 1.51. The average molecular weight is 281 g/mol. The van der Waals surface area contributed by atoms with Crippen LogP contribution in [-0.2, 0) is 0 Å². The van der Waals surface area contributed by atoms with Crippen molar-refractivity contribution >= 4 is 23.4 Å². The van der Waals surface area contributed by atoms with Crippen LogP contribution in [0.15, 0.2) is 11.2 Å². The molecule has 1 atom stereocenters. The Bertz CT molecular complexity index is 406. The third-order valence-corrected chi connectivity index (χ3v) is 3.86. The van der Waals surface area contributed by atoms with Crippen LogP contribution in [0.2, 0.25) is 0 Å². The third-order valence-electron chi connectivity index (χ3n) is 3.31. The summed E-state index contributed by atoms with van der Waals surface area (Å²) in [5.74, 6) is 1.95. The molecule has 1 aliphatic heterocycles. The largest absolute Gasteiger partial charge is 0.383 e. The lowest BCUT2D eigenvalue weighted by Gasteiger charge is -2.20. The highest BCUT2D eigenvalue weighted by Crippen LogP contribution is 2.16. The van der Waals surface area contributed by atoms with Crippen LogP contribution in [0.5, 0.6) is 0 Å². The number of rotatable bonds is 6. The van der Waals surface area contributed by atoms with Crippen LogP contribution in [0, 0.1) is 5.92 Å². The Kier molecular flexibility index (Phi) is 5.27. The number of thioether (sulfide) groups is 1. The molecule has 1 saturated heterocycles. The molecule has 5 nitrogen and oxygen atoms in total. The second-order valence-electron chi connectivity index (χ2n) is 5.16. The summed E-state index contributed by atoms with van der Waals surface area (Å²) in [4.78, 5) is 11.1. The van der Waals surface area contributed by atoms with Gasteiger partial charge in [-0.25, -0.2) is 9.97 Å². The first-order chi connectivity index (χ1) is 9.17. The summed E-state index contributed by atoms with van der Waals surface area (Å²) in [6.45, 7) is 6.85. The van der Waals surface area contributed by atoms with Gasteiger partial charge in [-0.2, -0.15) is 0 Å². The number of nitrogens with two attached hydrogens (primary N) is 1. The molecule has 106 valence electrons. The quantitative estimate of drug-likeness (QED) is 0.613. The number of nitrogen functional groups attached to an aromatic ring is 1. The monoisotopic (exact) mass is 281 g/mol. The highest BCUT2D eigenvalue weighted by Gasteiger charge is 2.14. The van der Waals surface area contributed by atoms with Crippen LogP contribution in [0.1, 0.15) is 19.8 Å². The molecule has 0 aliphatic carbocycles. The number of aromatic nitrogens is 2. The molecular weight excluding hydrogens is 258 g/mol. The summed E-state index contributed by atoms with van der Waals surface area (Å²) < 4.78 is 0. The Morgan fingerprint density at radius 1 is 1.42 bits per heavy atom. The zero-order valence-electron chi connectivity index (χ0n) is 11.7. The fourth-order valence-corrected chi connectivity index (χ4v) is 2.76. The van der Waals surface area contributed by atoms with Gasteiger partial charge in [-0.05, 0) is 38.1 Å². The molecule has 1 aromatic rings. The van der Waals surface area contributed by atoms with Crippen LogP contribution in [-0.4, -0.2) is 47.3 Å². The maximum absolute atomic E-state index is 5.76. The van der Waals surface area contributed by atoms with Gasteiger partial charge in [0.1, 0.15) is 11.6 Å². The molecule has 3 N–H and O–H groups in total. The fourth-order valence-electron chi connectivity index (χ4n) is 2.37. The first-order valence-corrected chi connectivity index (χ1v) is 8.04. The second kappa shape index (κ2) is 6.96. The van der Waals surface area contributed by atoms with E-state index in [1.807, 2.05) is 6.26 Å². The van der Waals surface area contributed by atoms with Crippen molar-refractivity contribution in [3.8, 4) is 0 Å². The lowest BCUT2D eigenvalue weighted by atomic mass is 10.1. The van der Waals surface area contributed by atoms with E-state index < -0.39 is 0 Å². The SMILES string of the molecule is CSc1nc(N)cc(NCC(C)CN2CCCC2)n1. The summed E-state index contributed by atoms with van der Waals surface area (Å²) in [5.41, 5.74) is 5.76. The second-order valence-corrected chi connectivity index (χ2v) is 5.93. The maximum Gasteiger partial charge on any atom is 0.191 e. The topological polar surface area (TPSA) is 67.1 Å². The summed E-state index contributed by atoms with van der Waals surface area (Å²) in [6.07, 6.45) is 4.65. The van der Waals surface area contributed by atoms with E-state index in [2.05, 4.69) is 27.1 Å². The zero-order chi connectivity index (χ0) is 13.7. The molecular formula is C13H23N5S. The Labute approximate surface area is 119 Å². The summed E-state index contributed by atoms with van der Waals surface area (Å²) in [7, 11) is 0. The van der Waals surface area contributed by atoms with Crippen molar-refractivity contribution in [1.29, 1.82) is 0 Å². The molecule has 0 aromatic carbocycles. The molecule has 0 saturated carbocycles. The Balaban J connectivity index is 1.82. The molecule has 1 fully saturated rings. The zero-order valence-corrected chi connectivity index (χ0v) is 12.5.